The molecule has 0 spiro atoms. The third-order valence-electron chi connectivity index (χ3n) is 4.17. The van der Waals surface area contributed by atoms with Crippen molar-refractivity contribution in [2.24, 2.45) is 0 Å². The highest BCUT2D eigenvalue weighted by Crippen LogP contribution is 2.42. The van der Waals surface area contributed by atoms with Crippen molar-refractivity contribution in [2.75, 3.05) is 13.7 Å². The SMILES string of the molecule is CCNC(c1cccc(C)c1)C1(OC)CCCC1. The van der Waals surface area contributed by atoms with E-state index in [2.05, 4.69) is 43.4 Å². The predicted octanol–water partition coefficient (Wildman–Crippen LogP) is 3.60. The van der Waals surface area contributed by atoms with Crippen LogP contribution in [-0.4, -0.2) is 19.3 Å². The number of hydrogen-bond donors (Lipinski definition) is 1. The zero-order valence-corrected chi connectivity index (χ0v) is 11.8. The minimum Gasteiger partial charge on any atom is -0.376 e. The topological polar surface area (TPSA) is 21.3 Å². The fourth-order valence-electron chi connectivity index (χ4n) is 3.25. The average Bonchev–Trinajstić information content (AvgIpc) is 2.85. The van der Waals surface area contributed by atoms with E-state index in [1.807, 2.05) is 7.11 Å². The predicted molar refractivity (Wildman–Crippen MR) is 75.8 cm³/mol. The van der Waals surface area contributed by atoms with Gasteiger partial charge in [0.05, 0.1) is 11.6 Å². The Hall–Kier alpha value is -0.860. The lowest BCUT2D eigenvalue weighted by molar-refractivity contribution is -0.0364. The zero-order chi connectivity index (χ0) is 13.0. The fourth-order valence-corrected chi connectivity index (χ4v) is 3.25. The highest BCUT2D eigenvalue weighted by Gasteiger charge is 2.41. The van der Waals surface area contributed by atoms with E-state index in [1.54, 1.807) is 0 Å². The van der Waals surface area contributed by atoms with Crippen molar-refractivity contribution >= 4 is 0 Å². The number of benzene rings is 1. The van der Waals surface area contributed by atoms with Crippen molar-refractivity contribution < 1.29 is 4.74 Å². The molecule has 0 aromatic heterocycles. The molecular weight excluding hydrogens is 222 g/mol. The summed E-state index contributed by atoms with van der Waals surface area (Å²) in [6.45, 7) is 5.30. The summed E-state index contributed by atoms with van der Waals surface area (Å²) in [5.41, 5.74) is 2.67. The first-order valence-electron chi connectivity index (χ1n) is 7.07. The van der Waals surface area contributed by atoms with Crippen molar-refractivity contribution in [2.45, 2.75) is 51.2 Å². The quantitative estimate of drug-likeness (QED) is 0.858. The van der Waals surface area contributed by atoms with Gasteiger partial charge in [-0.15, -0.1) is 0 Å². The second-order valence-corrected chi connectivity index (χ2v) is 5.38. The van der Waals surface area contributed by atoms with Crippen LogP contribution in [0.4, 0.5) is 0 Å². The summed E-state index contributed by atoms with van der Waals surface area (Å²) in [7, 11) is 1.87. The van der Waals surface area contributed by atoms with Crippen LogP contribution in [0.3, 0.4) is 0 Å². The Morgan fingerprint density at radius 3 is 2.61 bits per heavy atom. The molecule has 2 nitrogen and oxygen atoms in total. The molecule has 1 aromatic rings. The highest BCUT2D eigenvalue weighted by atomic mass is 16.5. The first kappa shape index (κ1) is 13.6. The van der Waals surface area contributed by atoms with Crippen LogP contribution in [0, 0.1) is 6.92 Å². The average molecular weight is 247 g/mol. The molecule has 2 heteroatoms. The molecule has 2 rings (SSSR count). The van der Waals surface area contributed by atoms with Crippen LogP contribution in [0.1, 0.15) is 49.8 Å². The van der Waals surface area contributed by atoms with Gasteiger partial charge in [-0.1, -0.05) is 49.6 Å². The lowest BCUT2D eigenvalue weighted by Crippen LogP contribution is -2.43. The molecule has 1 unspecified atom stereocenters. The maximum absolute atomic E-state index is 5.95. The lowest BCUT2D eigenvalue weighted by atomic mass is 9.86. The molecule has 0 aliphatic heterocycles. The van der Waals surface area contributed by atoms with Crippen molar-refractivity contribution in [3.05, 3.63) is 35.4 Å². The van der Waals surface area contributed by atoms with Crippen LogP contribution in [0.2, 0.25) is 0 Å². The van der Waals surface area contributed by atoms with E-state index >= 15 is 0 Å². The number of methoxy groups -OCH3 is 1. The van der Waals surface area contributed by atoms with Gasteiger partial charge in [-0.2, -0.15) is 0 Å². The Bertz CT molecular complexity index is 382. The summed E-state index contributed by atoms with van der Waals surface area (Å²) >= 11 is 0. The van der Waals surface area contributed by atoms with E-state index in [9.17, 15) is 0 Å². The standard InChI is InChI=1S/C16H25NO/c1-4-17-15(14-9-7-8-13(2)12-14)16(18-3)10-5-6-11-16/h7-9,12,15,17H,4-6,10-11H2,1-3H3. The van der Waals surface area contributed by atoms with Crippen LogP contribution >= 0.6 is 0 Å². The maximum Gasteiger partial charge on any atom is 0.0872 e. The second-order valence-electron chi connectivity index (χ2n) is 5.38. The molecule has 1 aliphatic rings. The van der Waals surface area contributed by atoms with Crippen molar-refractivity contribution in [3.8, 4) is 0 Å². The molecule has 0 heterocycles. The number of hydrogen-bond acceptors (Lipinski definition) is 2. The Morgan fingerprint density at radius 1 is 1.33 bits per heavy atom. The number of nitrogens with one attached hydrogen (secondary N) is 1. The highest BCUT2D eigenvalue weighted by molar-refractivity contribution is 5.28. The summed E-state index contributed by atoms with van der Waals surface area (Å²) in [4.78, 5) is 0. The molecule has 1 N–H and O–H groups in total. The molecule has 1 saturated carbocycles. The molecule has 18 heavy (non-hydrogen) atoms. The summed E-state index contributed by atoms with van der Waals surface area (Å²) < 4.78 is 5.95. The molecule has 1 aromatic carbocycles. The third-order valence-corrected chi connectivity index (χ3v) is 4.17. The van der Waals surface area contributed by atoms with Crippen LogP contribution < -0.4 is 5.32 Å². The Labute approximate surface area is 111 Å². The smallest absolute Gasteiger partial charge is 0.0872 e. The third kappa shape index (κ3) is 2.60. The largest absolute Gasteiger partial charge is 0.376 e. The van der Waals surface area contributed by atoms with E-state index in [0.29, 0.717) is 6.04 Å². The summed E-state index contributed by atoms with van der Waals surface area (Å²) in [5.74, 6) is 0. The van der Waals surface area contributed by atoms with Crippen molar-refractivity contribution in [1.82, 2.24) is 5.32 Å². The van der Waals surface area contributed by atoms with Crippen LogP contribution in [0.25, 0.3) is 0 Å². The van der Waals surface area contributed by atoms with E-state index in [-0.39, 0.29) is 5.60 Å². The number of ether oxygens (including phenoxy) is 1. The van der Waals surface area contributed by atoms with Crippen LogP contribution in [0.15, 0.2) is 24.3 Å². The molecule has 1 fully saturated rings. The first-order valence-corrected chi connectivity index (χ1v) is 7.07. The number of aryl methyl sites for hydroxylation is 1. The van der Waals surface area contributed by atoms with Crippen molar-refractivity contribution in [3.63, 3.8) is 0 Å². The van der Waals surface area contributed by atoms with Gasteiger partial charge in [0.2, 0.25) is 0 Å². The monoisotopic (exact) mass is 247 g/mol. The van der Waals surface area contributed by atoms with Gasteiger partial charge < -0.3 is 10.1 Å². The summed E-state index contributed by atoms with van der Waals surface area (Å²) in [6, 6.07) is 9.12. The van der Waals surface area contributed by atoms with Gasteiger partial charge in [0.1, 0.15) is 0 Å². The molecule has 100 valence electrons. The summed E-state index contributed by atoms with van der Waals surface area (Å²) in [5, 5.41) is 3.63. The van der Waals surface area contributed by atoms with Gasteiger partial charge in [0.15, 0.2) is 0 Å². The lowest BCUT2D eigenvalue weighted by Gasteiger charge is -2.37. The van der Waals surface area contributed by atoms with Gasteiger partial charge >= 0.3 is 0 Å². The number of rotatable bonds is 5. The molecule has 0 radical (unpaired) electrons. The van der Waals surface area contributed by atoms with Gasteiger partial charge in [-0.05, 0) is 31.9 Å². The minimum atomic E-state index is -0.0101. The van der Waals surface area contributed by atoms with E-state index in [1.165, 1.54) is 24.0 Å². The molecule has 0 bridgehead atoms. The normalized spacial score (nSPS) is 19.9. The molecule has 0 saturated heterocycles. The number of likely N-dealkylation sites (N-methyl/N-ethyl adjacent to an activating group) is 1. The zero-order valence-electron chi connectivity index (χ0n) is 11.8. The van der Waals surface area contributed by atoms with Gasteiger partial charge in [0.25, 0.3) is 0 Å². The molecule has 0 amide bonds. The van der Waals surface area contributed by atoms with Crippen LogP contribution in [0.5, 0.6) is 0 Å². The van der Waals surface area contributed by atoms with Gasteiger partial charge in [-0.3, -0.25) is 0 Å². The fraction of sp³-hybridized carbons (Fsp3) is 0.625. The Kier molecular flexibility index (Phi) is 4.41. The van der Waals surface area contributed by atoms with Crippen LogP contribution in [-0.2, 0) is 4.74 Å². The molecule has 1 atom stereocenters. The molecular formula is C16H25NO. The maximum atomic E-state index is 5.95. The van der Waals surface area contributed by atoms with E-state index in [4.69, 9.17) is 4.74 Å². The first-order chi connectivity index (χ1) is 8.72. The van der Waals surface area contributed by atoms with Gasteiger partial charge in [-0.25, -0.2) is 0 Å². The van der Waals surface area contributed by atoms with Gasteiger partial charge in [0, 0.05) is 7.11 Å². The van der Waals surface area contributed by atoms with Crippen molar-refractivity contribution in [1.29, 1.82) is 0 Å². The molecule has 1 aliphatic carbocycles. The minimum absolute atomic E-state index is 0.0101. The summed E-state index contributed by atoms with van der Waals surface area (Å²) in [6.07, 6.45) is 4.88. The Balaban J connectivity index is 2.32. The Morgan fingerprint density at radius 2 is 2.06 bits per heavy atom. The van der Waals surface area contributed by atoms with E-state index in [0.717, 1.165) is 19.4 Å². The van der Waals surface area contributed by atoms with E-state index < -0.39 is 0 Å². The second kappa shape index (κ2) is 5.85.